The SMILES string of the molecule is O=C(C[C@@H](O)c1ccc(Cl)cc1)N1CCOC2(CCCC2)C1. The average molecular weight is 324 g/mol. The molecule has 0 bridgehead atoms. The van der Waals surface area contributed by atoms with Gasteiger partial charge in [-0.05, 0) is 30.5 Å². The molecule has 0 unspecified atom stereocenters. The molecule has 1 aliphatic carbocycles. The number of ether oxygens (including phenoxy) is 1. The first-order valence-electron chi connectivity index (χ1n) is 7.93. The molecule has 1 spiro atoms. The Morgan fingerprint density at radius 1 is 1.32 bits per heavy atom. The number of carbonyl (C=O) groups is 1. The summed E-state index contributed by atoms with van der Waals surface area (Å²) in [6, 6.07) is 6.98. The van der Waals surface area contributed by atoms with Crippen molar-refractivity contribution in [3.63, 3.8) is 0 Å². The van der Waals surface area contributed by atoms with Crippen molar-refractivity contribution in [2.24, 2.45) is 0 Å². The van der Waals surface area contributed by atoms with Crippen LogP contribution in [-0.4, -0.2) is 41.2 Å². The number of nitrogens with zero attached hydrogens (tertiary/aromatic N) is 1. The van der Waals surface area contributed by atoms with Crippen molar-refractivity contribution in [2.75, 3.05) is 19.7 Å². The zero-order chi connectivity index (χ0) is 15.6. The quantitative estimate of drug-likeness (QED) is 0.930. The van der Waals surface area contributed by atoms with Gasteiger partial charge in [0.05, 0.1) is 24.7 Å². The van der Waals surface area contributed by atoms with Crippen LogP contribution in [0.2, 0.25) is 5.02 Å². The van der Waals surface area contributed by atoms with Gasteiger partial charge in [-0.2, -0.15) is 0 Å². The molecule has 1 saturated carbocycles. The second-order valence-corrected chi connectivity index (χ2v) is 6.76. The van der Waals surface area contributed by atoms with Gasteiger partial charge in [0.1, 0.15) is 0 Å². The molecular formula is C17H22ClNO3. The lowest BCUT2D eigenvalue weighted by molar-refractivity contribution is -0.151. The van der Waals surface area contributed by atoms with Gasteiger partial charge in [0.15, 0.2) is 0 Å². The Labute approximate surface area is 136 Å². The van der Waals surface area contributed by atoms with Crippen molar-refractivity contribution >= 4 is 17.5 Å². The Bertz CT molecular complexity index is 525. The summed E-state index contributed by atoms with van der Waals surface area (Å²) in [4.78, 5) is 14.3. The third kappa shape index (κ3) is 3.45. The first-order chi connectivity index (χ1) is 10.6. The van der Waals surface area contributed by atoms with Gasteiger partial charge in [0, 0.05) is 18.1 Å². The predicted octanol–water partition coefficient (Wildman–Crippen LogP) is 2.94. The second kappa shape index (κ2) is 6.57. The monoisotopic (exact) mass is 323 g/mol. The maximum atomic E-state index is 12.5. The fraction of sp³-hybridized carbons (Fsp3) is 0.588. The average Bonchev–Trinajstić information content (AvgIpc) is 2.95. The van der Waals surface area contributed by atoms with E-state index in [0.29, 0.717) is 24.7 Å². The van der Waals surface area contributed by atoms with E-state index in [-0.39, 0.29) is 17.9 Å². The summed E-state index contributed by atoms with van der Waals surface area (Å²) < 4.78 is 5.94. The van der Waals surface area contributed by atoms with E-state index in [2.05, 4.69) is 0 Å². The third-order valence-corrected chi connectivity index (χ3v) is 4.99. The summed E-state index contributed by atoms with van der Waals surface area (Å²) in [6.45, 7) is 1.88. The highest BCUT2D eigenvalue weighted by molar-refractivity contribution is 6.30. The molecular weight excluding hydrogens is 302 g/mol. The Hall–Kier alpha value is -1.10. The normalized spacial score (nSPS) is 22.0. The van der Waals surface area contributed by atoms with Crippen LogP contribution < -0.4 is 0 Å². The van der Waals surface area contributed by atoms with E-state index in [1.165, 1.54) is 12.8 Å². The van der Waals surface area contributed by atoms with Gasteiger partial charge in [-0.15, -0.1) is 0 Å². The number of carbonyl (C=O) groups excluding carboxylic acids is 1. The van der Waals surface area contributed by atoms with Crippen LogP contribution in [0.4, 0.5) is 0 Å². The number of rotatable bonds is 3. The molecule has 0 aromatic heterocycles. The summed E-state index contributed by atoms with van der Waals surface area (Å²) >= 11 is 5.84. The molecule has 4 nitrogen and oxygen atoms in total. The van der Waals surface area contributed by atoms with E-state index < -0.39 is 6.10 Å². The van der Waals surface area contributed by atoms with Crippen LogP contribution >= 0.6 is 11.6 Å². The number of aliphatic hydroxyl groups excluding tert-OH is 1. The molecule has 0 radical (unpaired) electrons. The molecule has 1 amide bonds. The smallest absolute Gasteiger partial charge is 0.225 e. The molecule has 1 N–H and O–H groups in total. The maximum Gasteiger partial charge on any atom is 0.225 e. The first-order valence-corrected chi connectivity index (χ1v) is 8.31. The number of benzene rings is 1. The highest BCUT2D eigenvalue weighted by atomic mass is 35.5. The topological polar surface area (TPSA) is 49.8 Å². The molecule has 1 aromatic rings. The highest BCUT2D eigenvalue weighted by Crippen LogP contribution is 2.36. The highest BCUT2D eigenvalue weighted by Gasteiger charge is 2.40. The summed E-state index contributed by atoms with van der Waals surface area (Å²) in [5.74, 6) is -0.00275. The molecule has 3 rings (SSSR count). The van der Waals surface area contributed by atoms with Crippen molar-refractivity contribution in [3.05, 3.63) is 34.9 Å². The van der Waals surface area contributed by atoms with E-state index in [1.807, 2.05) is 4.90 Å². The Balaban J connectivity index is 1.60. The van der Waals surface area contributed by atoms with Crippen LogP contribution in [0.3, 0.4) is 0 Å². The van der Waals surface area contributed by atoms with Crippen molar-refractivity contribution in [2.45, 2.75) is 43.8 Å². The van der Waals surface area contributed by atoms with Crippen LogP contribution in [0.5, 0.6) is 0 Å². The molecule has 1 aliphatic heterocycles. The fourth-order valence-electron chi connectivity index (χ4n) is 3.48. The first kappa shape index (κ1) is 15.8. The van der Waals surface area contributed by atoms with Gasteiger partial charge in [0.2, 0.25) is 5.91 Å². The lowest BCUT2D eigenvalue weighted by Crippen LogP contribution is -2.52. The number of amides is 1. The van der Waals surface area contributed by atoms with Crippen molar-refractivity contribution in [3.8, 4) is 0 Å². The number of hydrogen-bond acceptors (Lipinski definition) is 3. The minimum absolute atomic E-state index is 0.00275. The second-order valence-electron chi connectivity index (χ2n) is 6.33. The third-order valence-electron chi connectivity index (χ3n) is 4.74. The van der Waals surface area contributed by atoms with Gasteiger partial charge in [-0.25, -0.2) is 0 Å². The largest absolute Gasteiger partial charge is 0.388 e. The fourth-order valence-corrected chi connectivity index (χ4v) is 3.60. The lowest BCUT2D eigenvalue weighted by atomic mass is 9.99. The van der Waals surface area contributed by atoms with Gasteiger partial charge in [-0.3, -0.25) is 4.79 Å². The molecule has 5 heteroatoms. The van der Waals surface area contributed by atoms with E-state index >= 15 is 0 Å². The van der Waals surface area contributed by atoms with Crippen molar-refractivity contribution in [1.82, 2.24) is 4.90 Å². The van der Waals surface area contributed by atoms with Gasteiger partial charge in [-0.1, -0.05) is 36.6 Å². The van der Waals surface area contributed by atoms with Crippen molar-refractivity contribution < 1.29 is 14.6 Å². The van der Waals surface area contributed by atoms with E-state index in [9.17, 15) is 9.90 Å². The van der Waals surface area contributed by atoms with Crippen LogP contribution in [-0.2, 0) is 9.53 Å². The van der Waals surface area contributed by atoms with Gasteiger partial charge in [0.25, 0.3) is 0 Å². The molecule has 120 valence electrons. The number of hydrogen-bond donors (Lipinski definition) is 1. The summed E-state index contributed by atoms with van der Waals surface area (Å²) in [7, 11) is 0. The van der Waals surface area contributed by atoms with Crippen LogP contribution in [0.25, 0.3) is 0 Å². The molecule has 1 aromatic carbocycles. The molecule has 1 atom stereocenters. The number of aliphatic hydroxyl groups is 1. The summed E-state index contributed by atoms with van der Waals surface area (Å²) in [6.07, 6.45) is 3.75. The van der Waals surface area contributed by atoms with E-state index in [0.717, 1.165) is 18.4 Å². The molecule has 2 aliphatic rings. The minimum atomic E-state index is -0.785. The summed E-state index contributed by atoms with van der Waals surface area (Å²) in [5, 5.41) is 10.9. The minimum Gasteiger partial charge on any atom is -0.388 e. The predicted molar refractivity (Wildman–Crippen MR) is 84.8 cm³/mol. The van der Waals surface area contributed by atoms with Gasteiger partial charge < -0.3 is 14.7 Å². The molecule has 1 heterocycles. The van der Waals surface area contributed by atoms with Gasteiger partial charge >= 0.3 is 0 Å². The maximum absolute atomic E-state index is 12.5. The zero-order valence-corrected chi connectivity index (χ0v) is 13.4. The van der Waals surface area contributed by atoms with Crippen LogP contribution in [0.15, 0.2) is 24.3 Å². The van der Waals surface area contributed by atoms with E-state index in [1.54, 1.807) is 24.3 Å². The Morgan fingerprint density at radius 3 is 2.68 bits per heavy atom. The van der Waals surface area contributed by atoms with Crippen molar-refractivity contribution in [1.29, 1.82) is 0 Å². The number of morpholine rings is 1. The van der Waals surface area contributed by atoms with Crippen LogP contribution in [0, 0.1) is 0 Å². The molecule has 22 heavy (non-hydrogen) atoms. The van der Waals surface area contributed by atoms with E-state index in [4.69, 9.17) is 16.3 Å². The standard InChI is InChI=1S/C17H22ClNO3/c18-14-5-3-13(4-6-14)15(20)11-16(21)19-9-10-22-17(12-19)7-1-2-8-17/h3-6,15,20H,1-2,7-12H2/t15-/m1/s1. The molecule has 1 saturated heterocycles. The Morgan fingerprint density at radius 2 is 2.00 bits per heavy atom. The van der Waals surface area contributed by atoms with Crippen LogP contribution in [0.1, 0.15) is 43.8 Å². The number of halogens is 1. The molecule has 2 fully saturated rings. The lowest BCUT2D eigenvalue weighted by Gasteiger charge is -2.40. The Kier molecular flexibility index (Phi) is 4.71. The zero-order valence-electron chi connectivity index (χ0n) is 12.6. The summed E-state index contributed by atoms with van der Waals surface area (Å²) in [5.41, 5.74) is 0.598.